The van der Waals surface area contributed by atoms with Gasteiger partial charge in [-0.05, 0) is 61.2 Å². The van der Waals surface area contributed by atoms with E-state index in [-0.39, 0.29) is 22.2 Å². The van der Waals surface area contributed by atoms with Crippen LogP contribution in [0.1, 0.15) is 27.9 Å². The van der Waals surface area contributed by atoms with Crippen molar-refractivity contribution in [1.82, 2.24) is 20.3 Å². The van der Waals surface area contributed by atoms with Crippen LogP contribution in [0.25, 0.3) is 11.1 Å². The second kappa shape index (κ2) is 9.87. The number of hydrogen-bond acceptors (Lipinski definition) is 6. The van der Waals surface area contributed by atoms with Gasteiger partial charge in [-0.2, -0.15) is 9.37 Å². The molecule has 8 bridgehead atoms. The summed E-state index contributed by atoms with van der Waals surface area (Å²) in [5.74, 6) is -1.45. The van der Waals surface area contributed by atoms with Crippen LogP contribution in [0.5, 0.6) is 0 Å². The second-order valence-corrected chi connectivity index (χ2v) is 8.82. The van der Waals surface area contributed by atoms with E-state index in [1.54, 1.807) is 6.20 Å². The summed E-state index contributed by atoms with van der Waals surface area (Å²) in [4.78, 5) is 25.2. The summed E-state index contributed by atoms with van der Waals surface area (Å²) in [6.07, 6.45) is 4.23. The summed E-state index contributed by atoms with van der Waals surface area (Å²) in [6.45, 7) is 2.21. The van der Waals surface area contributed by atoms with E-state index in [9.17, 15) is 13.6 Å². The Balaban J connectivity index is 1.59. The molecule has 2 aliphatic heterocycles. The number of amides is 1. The molecule has 3 N–H and O–H groups in total. The standard InChI is InChI=1S/C26H21ClF2N6O/c1-14-12-32-26-34-21-11-17(13-31-23(21)29)16-9-19(27)22(20(28)10-16)25(36)30-7-3-5-15-4-2-6-18(8-15)33-24(14)35-26/h2,4,6,8-13H,3,5,7H2,1H3,(H,30,36)(H2,32,33,34,35). The van der Waals surface area contributed by atoms with E-state index in [2.05, 4.69) is 30.9 Å². The van der Waals surface area contributed by atoms with Crippen molar-refractivity contribution in [3.63, 3.8) is 0 Å². The van der Waals surface area contributed by atoms with E-state index in [0.717, 1.165) is 16.8 Å². The van der Waals surface area contributed by atoms with Gasteiger partial charge in [-0.1, -0.05) is 23.7 Å². The quantitative estimate of drug-likeness (QED) is 0.256. The highest BCUT2D eigenvalue weighted by molar-refractivity contribution is 6.34. The lowest BCUT2D eigenvalue weighted by molar-refractivity contribution is 0.0949. The molecular formula is C26H21ClF2N6O. The zero-order chi connectivity index (χ0) is 25.2. The van der Waals surface area contributed by atoms with Gasteiger partial charge in [0.2, 0.25) is 11.9 Å². The van der Waals surface area contributed by atoms with Crippen LogP contribution in [-0.4, -0.2) is 27.4 Å². The highest BCUT2D eigenvalue weighted by Gasteiger charge is 2.19. The van der Waals surface area contributed by atoms with Crippen LogP contribution in [0, 0.1) is 18.7 Å². The normalized spacial score (nSPS) is 13.4. The van der Waals surface area contributed by atoms with Crippen molar-refractivity contribution in [2.45, 2.75) is 19.8 Å². The number of aryl methyl sites for hydroxylation is 2. The molecule has 0 atom stereocenters. The molecule has 1 amide bonds. The predicted molar refractivity (Wildman–Crippen MR) is 135 cm³/mol. The zero-order valence-corrected chi connectivity index (χ0v) is 20.0. The molecule has 2 aromatic carbocycles. The van der Waals surface area contributed by atoms with E-state index < -0.39 is 17.7 Å². The molecule has 182 valence electrons. The minimum Gasteiger partial charge on any atom is -0.352 e. The van der Waals surface area contributed by atoms with Gasteiger partial charge in [0.25, 0.3) is 5.91 Å². The van der Waals surface area contributed by atoms with E-state index in [4.69, 9.17) is 11.6 Å². The lowest BCUT2D eigenvalue weighted by atomic mass is 10.0. The van der Waals surface area contributed by atoms with Gasteiger partial charge in [0.05, 0.1) is 16.3 Å². The number of carbonyl (C=O) groups excluding carboxylic acids is 1. The molecule has 0 saturated carbocycles. The van der Waals surface area contributed by atoms with E-state index in [0.29, 0.717) is 36.3 Å². The fourth-order valence-corrected chi connectivity index (χ4v) is 4.22. The number of aromatic nitrogens is 3. The first-order valence-corrected chi connectivity index (χ1v) is 11.6. The summed E-state index contributed by atoms with van der Waals surface area (Å²) < 4.78 is 29.5. The van der Waals surface area contributed by atoms with Gasteiger partial charge in [0.15, 0.2) is 0 Å². The summed E-state index contributed by atoms with van der Waals surface area (Å²) in [5.41, 5.74) is 3.16. The maximum Gasteiger partial charge on any atom is 0.255 e. The Hall–Kier alpha value is -4.11. The Labute approximate surface area is 211 Å². The lowest BCUT2D eigenvalue weighted by Crippen LogP contribution is -2.26. The summed E-state index contributed by atoms with van der Waals surface area (Å²) in [5, 5.41) is 8.80. The first-order valence-electron chi connectivity index (χ1n) is 11.3. The molecule has 0 saturated heterocycles. The highest BCUT2D eigenvalue weighted by atomic mass is 35.5. The topological polar surface area (TPSA) is 91.8 Å². The SMILES string of the molecule is Cc1cnc2nc1Nc1cccc(c1)CCCNC(=O)c1c(F)cc(cc1Cl)-c1cnc(F)c(c1)N2. The zero-order valence-electron chi connectivity index (χ0n) is 19.2. The third-order valence-electron chi connectivity index (χ3n) is 5.78. The van der Waals surface area contributed by atoms with Crippen molar-refractivity contribution in [1.29, 1.82) is 0 Å². The molecular weight excluding hydrogens is 486 g/mol. The molecule has 7 nitrogen and oxygen atoms in total. The molecule has 10 heteroatoms. The fraction of sp³-hybridized carbons (Fsp3) is 0.154. The Morgan fingerprint density at radius 1 is 1.00 bits per heavy atom. The van der Waals surface area contributed by atoms with Crippen LogP contribution in [0.3, 0.4) is 0 Å². The van der Waals surface area contributed by atoms with Crippen LogP contribution in [0.4, 0.5) is 31.9 Å². The average Bonchev–Trinajstić information content (AvgIpc) is 2.84. The third-order valence-corrected chi connectivity index (χ3v) is 6.08. The number of fused-ring (bicyclic) bond motifs is 6. The van der Waals surface area contributed by atoms with Crippen molar-refractivity contribution in [3.05, 3.63) is 88.3 Å². The summed E-state index contributed by atoms with van der Waals surface area (Å²) in [7, 11) is 0. The predicted octanol–water partition coefficient (Wildman–Crippen LogP) is 5.94. The number of carbonyl (C=O) groups is 1. The monoisotopic (exact) mass is 506 g/mol. The Morgan fingerprint density at radius 2 is 1.86 bits per heavy atom. The van der Waals surface area contributed by atoms with E-state index in [1.165, 1.54) is 24.4 Å². The molecule has 6 rings (SSSR count). The van der Waals surface area contributed by atoms with Gasteiger partial charge in [0.1, 0.15) is 11.6 Å². The van der Waals surface area contributed by atoms with Crippen molar-refractivity contribution in [3.8, 4) is 11.1 Å². The molecule has 0 fully saturated rings. The van der Waals surface area contributed by atoms with Crippen molar-refractivity contribution >= 4 is 40.6 Å². The maximum atomic E-state index is 15.0. The van der Waals surface area contributed by atoms with Crippen LogP contribution in [-0.2, 0) is 6.42 Å². The fourth-order valence-electron chi connectivity index (χ4n) is 3.92. The number of benzene rings is 2. The van der Waals surface area contributed by atoms with E-state index in [1.807, 2.05) is 31.2 Å². The number of nitrogens with zero attached hydrogens (tertiary/aromatic N) is 3. The number of pyridine rings is 1. The number of rotatable bonds is 0. The average molecular weight is 507 g/mol. The molecule has 4 heterocycles. The third kappa shape index (κ3) is 4.96. The van der Waals surface area contributed by atoms with Crippen LogP contribution in [0.2, 0.25) is 5.02 Å². The van der Waals surface area contributed by atoms with Gasteiger partial charge in [0, 0.05) is 35.8 Å². The van der Waals surface area contributed by atoms with Gasteiger partial charge in [-0.3, -0.25) is 4.79 Å². The van der Waals surface area contributed by atoms with Crippen molar-refractivity contribution in [2.24, 2.45) is 0 Å². The minimum atomic E-state index is -0.784. The summed E-state index contributed by atoms with van der Waals surface area (Å²) in [6, 6.07) is 11.9. The van der Waals surface area contributed by atoms with Crippen molar-refractivity contribution in [2.75, 3.05) is 17.2 Å². The van der Waals surface area contributed by atoms with Gasteiger partial charge in [-0.25, -0.2) is 14.4 Å². The maximum absolute atomic E-state index is 15.0. The molecule has 4 aromatic rings. The molecule has 2 aliphatic rings. The van der Waals surface area contributed by atoms with Gasteiger partial charge < -0.3 is 16.0 Å². The first kappa shape index (κ1) is 23.6. The molecule has 0 spiro atoms. The number of hydrogen-bond donors (Lipinski definition) is 3. The number of anilines is 4. The minimum absolute atomic E-state index is 0.00273. The molecule has 0 radical (unpaired) electrons. The van der Waals surface area contributed by atoms with Crippen molar-refractivity contribution < 1.29 is 13.6 Å². The van der Waals surface area contributed by atoms with Gasteiger partial charge >= 0.3 is 0 Å². The Morgan fingerprint density at radius 3 is 2.69 bits per heavy atom. The highest BCUT2D eigenvalue weighted by Crippen LogP contribution is 2.31. The molecule has 0 unspecified atom stereocenters. The van der Waals surface area contributed by atoms with Crippen LogP contribution < -0.4 is 16.0 Å². The van der Waals surface area contributed by atoms with Crippen LogP contribution in [0.15, 0.2) is 54.9 Å². The number of halogens is 3. The second-order valence-electron chi connectivity index (χ2n) is 8.41. The Kier molecular flexibility index (Phi) is 6.47. The molecule has 36 heavy (non-hydrogen) atoms. The van der Waals surface area contributed by atoms with Gasteiger partial charge in [-0.15, -0.1) is 0 Å². The smallest absolute Gasteiger partial charge is 0.255 e. The number of nitrogens with one attached hydrogen (secondary N) is 3. The van der Waals surface area contributed by atoms with Crippen LogP contribution >= 0.6 is 11.6 Å². The first-order chi connectivity index (χ1) is 17.4. The Bertz CT molecular complexity index is 1460. The summed E-state index contributed by atoms with van der Waals surface area (Å²) >= 11 is 6.29. The lowest BCUT2D eigenvalue weighted by Gasteiger charge is -2.14. The molecule has 2 aromatic heterocycles. The largest absolute Gasteiger partial charge is 0.352 e. The van der Waals surface area contributed by atoms with E-state index >= 15 is 0 Å². The molecule has 0 aliphatic carbocycles.